The van der Waals surface area contributed by atoms with E-state index in [1.807, 2.05) is 0 Å². The van der Waals surface area contributed by atoms with Gasteiger partial charge in [-0.25, -0.2) is 10.2 Å². The van der Waals surface area contributed by atoms with Crippen LogP contribution >= 0.6 is 0 Å². The average molecular weight is 321 g/mol. The highest BCUT2D eigenvalue weighted by Crippen LogP contribution is 2.05. The minimum Gasteiger partial charge on any atom is -0.465 e. The van der Waals surface area contributed by atoms with Crippen molar-refractivity contribution in [1.82, 2.24) is 10.4 Å². The average Bonchev–Trinajstić information content (AvgIpc) is 2.56. The molecule has 0 aromatic carbocycles. The molecule has 1 amide bonds. The van der Waals surface area contributed by atoms with Gasteiger partial charge in [-0.2, -0.15) is 5.10 Å². The molecule has 1 heterocycles. The van der Waals surface area contributed by atoms with Crippen LogP contribution in [0.5, 0.6) is 0 Å². The summed E-state index contributed by atoms with van der Waals surface area (Å²) >= 11 is 0. The van der Waals surface area contributed by atoms with Gasteiger partial charge >= 0.3 is 11.9 Å². The maximum absolute atomic E-state index is 11.9. The Morgan fingerprint density at radius 1 is 1.22 bits per heavy atom. The van der Waals surface area contributed by atoms with Gasteiger partial charge in [0.25, 0.3) is 5.91 Å². The van der Waals surface area contributed by atoms with E-state index in [1.54, 1.807) is 26.0 Å². The first-order valence-corrected chi connectivity index (χ1v) is 7.13. The smallest absolute Gasteiger partial charge is 0.355 e. The molecule has 1 atom stereocenters. The van der Waals surface area contributed by atoms with Crippen molar-refractivity contribution in [1.29, 1.82) is 0 Å². The molecule has 0 spiro atoms. The predicted octanol–water partition coefficient (Wildman–Crippen LogP) is 0.930. The number of carbonyl (C=O) groups excluding carboxylic acids is 3. The fourth-order valence-corrected chi connectivity index (χ4v) is 1.57. The van der Waals surface area contributed by atoms with E-state index in [4.69, 9.17) is 9.47 Å². The monoisotopic (exact) mass is 321 g/mol. The number of nitrogens with zero attached hydrogens (tertiary/aromatic N) is 2. The molecule has 0 aliphatic heterocycles. The lowest BCUT2D eigenvalue weighted by Gasteiger charge is -2.12. The molecule has 1 aromatic heterocycles. The van der Waals surface area contributed by atoms with Crippen LogP contribution in [0.3, 0.4) is 0 Å². The molecule has 0 bridgehead atoms. The molecule has 23 heavy (non-hydrogen) atoms. The molecular formula is C15H19N3O5. The van der Waals surface area contributed by atoms with Crippen LogP contribution in [0.15, 0.2) is 29.5 Å². The Morgan fingerprint density at radius 3 is 2.48 bits per heavy atom. The summed E-state index contributed by atoms with van der Waals surface area (Å²) in [5.41, 5.74) is 2.08. The fourth-order valence-electron chi connectivity index (χ4n) is 1.57. The van der Waals surface area contributed by atoms with E-state index >= 15 is 0 Å². The van der Waals surface area contributed by atoms with Crippen LogP contribution in [0.4, 0.5) is 0 Å². The normalized spacial score (nSPS) is 12.2. The zero-order chi connectivity index (χ0) is 17.2. The molecule has 8 nitrogen and oxygen atoms in total. The van der Waals surface area contributed by atoms with Crippen LogP contribution in [0, 0.1) is 5.92 Å². The molecule has 0 saturated carbocycles. The third-order valence-electron chi connectivity index (χ3n) is 2.71. The standard InChI is InChI=1S/C15H19N3O5/c1-4-22-14(20)10(3)12(15(21)23-5-2)17-18-13(19)11-8-6-7-9-16-11/h6-10H,4-5H2,1-3H3,(H,18,19)/b17-12+. The number of carbonyl (C=O) groups is 3. The number of hydrogen-bond acceptors (Lipinski definition) is 7. The lowest BCUT2D eigenvalue weighted by atomic mass is 10.1. The summed E-state index contributed by atoms with van der Waals surface area (Å²) in [6, 6.07) is 4.79. The van der Waals surface area contributed by atoms with Gasteiger partial charge in [-0.3, -0.25) is 14.6 Å². The van der Waals surface area contributed by atoms with Gasteiger partial charge in [0.15, 0.2) is 5.71 Å². The molecule has 0 saturated heterocycles. The first-order chi connectivity index (χ1) is 11.0. The second-order valence-corrected chi connectivity index (χ2v) is 4.35. The van der Waals surface area contributed by atoms with Crippen molar-refractivity contribution >= 4 is 23.6 Å². The van der Waals surface area contributed by atoms with E-state index < -0.39 is 23.8 Å². The minimum absolute atomic E-state index is 0.113. The van der Waals surface area contributed by atoms with Gasteiger partial charge in [0.05, 0.1) is 13.2 Å². The van der Waals surface area contributed by atoms with Crippen molar-refractivity contribution in [3.63, 3.8) is 0 Å². The Kier molecular flexibility index (Phi) is 7.38. The first kappa shape index (κ1) is 18.3. The van der Waals surface area contributed by atoms with Crippen molar-refractivity contribution in [2.75, 3.05) is 13.2 Å². The summed E-state index contributed by atoms with van der Waals surface area (Å²) in [4.78, 5) is 39.4. The van der Waals surface area contributed by atoms with Gasteiger partial charge in [-0.15, -0.1) is 0 Å². The summed E-state index contributed by atoms with van der Waals surface area (Å²) in [5, 5.41) is 3.72. The van der Waals surface area contributed by atoms with E-state index in [0.717, 1.165) is 0 Å². The number of ether oxygens (including phenoxy) is 2. The number of hydrazone groups is 1. The molecule has 1 N–H and O–H groups in total. The van der Waals surface area contributed by atoms with E-state index in [9.17, 15) is 14.4 Å². The summed E-state index contributed by atoms with van der Waals surface area (Å²) in [6.45, 7) is 4.99. The van der Waals surface area contributed by atoms with Gasteiger partial charge in [0, 0.05) is 6.20 Å². The van der Waals surface area contributed by atoms with Gasteiger partial charge in [0.1, 0.15) is 11.6 Å². The molecule has 0 aliphatic carbocycles. The van der Waals surface area contributed by atoms with Crippen LogP contribution < -0.4 is 5.43 Å². The van der Waals surface area contributed by atoms with Gasteiger partial charge in [0.2, 0.25) is 0 Å². The first-order valence-electron chi connectivity index (χ1n) is 7.13. The molecule has 0 radical (unpaired) electrons. The molecule has 1 aromatic rings. The van der Waals surface area contributed by atoms with Crippen molar-refractivity contribution in [2.45, 2.75) is 20.8 Å². The maximum Gasteiger partial charge on any atom is 0.355 e. The number of rotatable bonds is 7. The maximum atomic E-state index is 11.9. The van der Waals surface area contributed by atoms with Gasteiger partial charge < -0.3 is 9.47 Å². The summed E-state index contributed by atoms with van der Waals surface area (Å²) in [7, 11) is 0. The highest BCUT2D eigenvalue weighted by molar-refractivity contribution is 6.40. The Hall–Kier alpha value is -2.77. The van der Waals surface area contributed by atoms with Crippen LogP contribution in [0.1, 0.15) is 31.3 Å². The van der Waals surface area contributed by atoms with Gasteiger partial charge in [-0.1, -0.05) is 6.07 Å². The molecule has 0 aliphatic rings. The zero-order valence-corrected chi connectivity index (χ0v) is 13.2. The highest BCUT2D eigenvalue weighted by atomic mass is 16.5. The summed E-state index contributed by atoms with van der Waals surface area (Å²) < 4.78 is 9.70. The lowest BCUT2D eigenvalue weighted by Crippen LogP contribution is -2.34. The number of amides is 1. The Morgan fingerprint density at radius 2 is 1.91 bits per heavy atom. The quantitative estimate of drug-likeness (QED) is 0.455. The van der Waals surface area contributed by atoms with Crippen LogP contribution in [0.2, 0.25) is 0 Å². The fraction of sp³-hybridized carbons (Fsp3) is 0.400. The Labute approximate surface area is 133 Å². The molecule has 8 heteroatoms. The molecular weight excluding hydrogens is 302 g/mol. The molecule has 0 fully saturated rings. The highest BCUT2D eigenvalue weighted by Gasteiger charge is 2.28. The number of nitrogens with one attached hydrogen (secondary N) is 1. The minimum atomic E-state index is -0.974. The SMILES string of the molecule is CCOC(=O)/C(=N/NC(=O)c1ccccn1)C(C)C(=O)OCC. The third kappa shape index (κ3) is 5.50. The third-order valence-corrected chi connectivity index (χ3v) is 2.71. The number of hydrogen-bond donors (Lipinski definition) is 1. The van der Waals surface area contributed by atoms with Crippen molar-refractivity contribution < 1.29 is 23.9 Å². The Balaban J connectivity index is 2.92. The largest absolute Gasteiger partial charge is 0.465 e. The summed E-state index contributed by atoms with van der Waals surface area (Å²) in [6.07, 6.45) is 1.45. The second kappa shape index (κ2) is 9.29. The molecule has 1 rings (SSSR count). The van der Waals surface area contributed by atoms with Crippen LogP contribution in [0.25, 0.3) is 0 Å². The van der Waals surface area contributed by atoms with Crippen LogP contribution in [-0.2, 0) is 19.1 Å². The number of pyridine rings is 1. The Bertz CT molecular complexity index is 586. The number of aromatic nitrogens is 1. The zero-order valence-electron chi connectivity index (χ0n) is 13.2. The summed E-state index contributed by atoms with van der Waals surface area (Å²) in [5.74, 6) is -3.01. The van der Waals surface area contributed by atoms with E-state index in [0.29, 0.717) is 0 Å². The number of esters is 2. The van der Waals surface area contributed by atoms with Gasteiger partial charge in [-0.05, 0) is 32.9 Å². The van der Waals surface area contributed by atoms with E-state index in [2.05, 4.69) is 15.5 Å². The second-order valence-electron chi connectivity index (χ2n) is 4.35. The molecule has 1 unspecified atom stereocenters. The van der Waals surface area contributed by atoms with Crippen molar-refractivity contribution in [3.8, 4) is 0 Å². The van der Waals surface area contributed by atoms with E-state index in [-0.39, 0.29) is 24.6 Å². The van der Waals surface area contributed by atoms with Crippen molar-refractivity contribution in [2.24, 2.45) is 11.0 Å². The van der Waals surface area contributed by atoms with Crippen LogP contribution in [-0.4, -0.2) is 41.8 Å². The predicted molar refractivity (Wildman–Crippen MR) is 81.6 cm³/mol. The van der Waals surface area contributed by atoms with E-state index in [1.165, 1.54) is 19.2 Å². The lowest BCUT2D eigenvalue weighted by molar-refractivity contribution is -0.146. The molecule has 124 valence electrons. The topological polar surface area (TPSA) is 107 Å². The van der Waals surface area contributed by atoms with Crippen molar-refractivity contribution in [3.05, 3.63) is 30.1 Å².